The number of nitrogens with zero attached hydrogens (tertiary/aromatic N) is 3. The smallest absolute Gasteiger partial charge is 0.339 e. The quantitative estimate of drug-likeness (QED) is 0.231. The van der Waals surface area contributed by atoms with Gasteiger partial charge in [-0.1, -0.05) is 36.4 Å². The van der Waals surface area contributed by atoms with Crippen LogP contribution in [0.3, 0.4) is 0 Å². The molecule has 0 aliphatic rings. The molecule has 5 aromatic rings. The molecule has 0 spiro atoms. The SMILES string of the molecule is CC(=O)c1ccccc1NC(=O)COC(=O)c1cc(-c2cccs2)nc2c1c(C)nn2-c1ccccc1. The second kappa shape index (κ2) is 10.2. The van der Waals surface area contributed by atoms with Crippen molar-refractivity contribution in [2.45, 2.75) is 13.8 Å². The number of aromatic nitrogens is 3. The number of esters is 1. The summed E-state index contributed by atoms with van der Waals surface area (Å²) in [5.74, 6) is -1.41. The number of benzene rings is 2. The van der Waals surface area contributed by atoms with Crippen LogP contribution in [0.2, 0.25) is 0 Å². The van der Waals surface area contributed by atoms with Crippen molar-refractivity contribution in [3.8, 4) is 16.3 Å². The largest absolute Gasteiger partial charge is 0.452 e. The Kier molecular flexibility index (Phi) is 6.61. The molecule has 0 atom stereocenters. The predicted octanol–water partition coefficient (Wildman–Crippen LogP) is 5.46. The van der Waals surface area contributed by atoms with Gasteiger partial charge in [-0.3, -0.25) is 9.59 Å². The standard InChI is InChI=1S/C28H22N4O4S/c1-17-26-21(28(35)36-16-25(34)29-22-12-7-6-11-20(22)18(2)33)15-23(24-13-8-14-37-24)30-27(26)32(31-17)19-9-4-3-5-10-19/h3-15H,16H2,1-2H3,(H,29,34). The molecule has 9 heteroatoms. The summed E-state index contributed by atoms with van der Waals surface area (Å²) in [6.45, 7) is 2.70. The Labute approximate surface area is 216 Å². The van der Waals surface area contributed by atoms with Crippen molar-refractivity contribution in [2.75, 3.05) is 11.9 Å². The van der Waals surface area contributed by atoms with Gasteiger partial charge >= 0.3 is 5.97 Å². The number of carbonyl (C=O) groups is 3. The van der Waals surface area contributed by atoms with Crippen LogP contribution >= 0.6 is 11.3 Å². The van der Waals surface area contributed by atoms with Crippen LogP contribution in [0.1, 0.15) is 33.3 Å². The van der Waals surface area contributed by atoms with Gasteiger partial charge in [0.15, 0.2) is 18.0 Å². The number of fused-ring (bicyclic) bond motifs is 1. The number of para-hydroxylation sites is 2. The molecule has 0 saturated heterocycles. The minimum absolute atomic E-state index is 0.181. The molecule has 0 radical (unpaired) electrons. The summed E-state index contributed by atoms with van der Waals surface area (Å²) in [6, 6.07) is 21.7. The maximum absolute atomic E-state index is 13.3. The monoisotopic (exact) mass is 510 g/mol. The van der Waals surface area contributed by atoms with Crippen LogP contribution < -0.4 is 5.32 Å². The summed E-state index contributed by atoms with van der Waals surface area (Å²) < 4.78 is 7.11. The first-order valence-corrected chi connectivity index (χ1v) is 12.4. The van der Waals surface area contributed by atoms with Crippen LogP contribution in [-0.2, 0) is 9.53 Å². The lowest BCUT2D eigenvalue weighted by Gasteiger charge is -2.11. The number of nitrogens with one attached hydrogen (secondary N) is 1. The molecule has 8 nitrogen and oxygen atoms in total. The van der Waals surface area contributed by atoms with Gasteiger partial charge in [-0.15, -0.1) is 11.3 Å². The third-order valence-electron chi connectivity index (χ3n) is 5.72. The van der Waals surface area contributed by atoms with Gasteiger partial charge in [-0.2, -0.15) is 5.10 Å². The van der Waals surface area contributed by atoms with Gasteiger partial charge in [0.05, 0.1) is 38.6 Å². The summed E-state index contributed by atoms with van der Waals surface area (Å²) in [5, 5.41) is 9.77. The second-order valence-corrected chi connectivity index (χ2v) is 9.24. The summed E-state index contributed by atoms with van der Waals surface area (Å²) >= 11 is 1.50. The van der Waals surface area contributed by atoms with E-state index < -0.39 is 18.5 Å². The Morgan fingerprint density at radius 2 is 1.73 bits per heavy atom. The van der Waals surface area contributed by atoms with E-state index in [2.05, 4.69) is 10.4 Å². The van der Waals surface area contributed by atoms with Gasteiger partial charge in [0.2, 0.25) is 0 Å². The number of amides is 1. The van der Waals surface area contributed by atoms with E-state index in [1.807, 2.05) is 47.8 Å². The normalized spacial score (nSPS) is 10.9. The fourth-order valence-electron chi connectivity index (χ4n) is 4.04. The van der Waals surface area contributed by atoms with E-state index in [-0.39, 0.29) is 11.3 Å². The fraction of sp³-hybridized carbons (Fsp3) is 0.107. The lowest BCUT2D eigenvalue weighted by molar-refractivity contribution is -0.119. The third kappa shape index (κ3) is 4.89. The highest BCUT2D eigenvalue weighted by molar-refractivity contribution is 7.13. The van der Waals surface area contributed by atoms with Crippen LogP contribution in [0.5, 0.6) is 0 Å². The number of ether oxygens (including phenoxy) is 1. The number of anilines is 1. The summed E-state index contributed by atoms with van der Waals surface area (Å²) in [5.41, 5.74) is 3.54. The molecule has 1 N–H and O–H groups in total. The number of Topliss-reactive ketones (excluding diaryl/α,β-unsaturated/α-hetero) is 1. The Morgan fingerprint density at radius 3 is 2.46 bits per heavy atom. The number of hydrogen-bond acceptors (Lipinski definition) is 7. The van der Waals surface area contributed by atoms with Gasteiger partial charge < -0.3 is 10.1 Å². The number of carbonyl (C=O) groups excluding carboxylic acids is 3. The molecule has 0 fully saturated rings. The van der Waals surface area contributed by atoms with Crippen LogP contribution in [0.25, 0.3) is 27.3 Å². The van der Waals surface area contributed by atoms with Crippen molar-refractivity contribution in [1.82, 2.24) is 14.8 Å². The van der Waals surface area contributed by atoms with E-state index in [9.17, 15) is 14.4 Å². The fourth-order valence-corrected chi connectivity index (χ4v) is 4.73. The average molecular weight is 511 g/mol. The van der Waals surface area contributed by atoms with Crippen LogP contribution in [0.4, 0.5) is 5.69 Å². The zero-order chi connectivity index (χ0) is 25.9. The van der Waals surface area contributed by atoms with Crippen molar-refractivity contribution >= 4 is 45.7 Å². The third-order valence-corrected chi connectivity index (χ3v) is 6.61. The van der Waals surface area contributed by atoms with Crippen molar-refractivity contribution in [3.63, 3.8) is 0 Å². The highest BCUT2D eigenvalue weighted by atomic mass is 32.1. The van der Waals surface area contributed by atoms with Crippen LogP contribution in [0.15, 0.2) is 78.2 Å². The predicted molar refractivity (Wildman–Crippen MR) is 142 cm³/mol. The zero-order valence-electron chi connectivity index (χ0n) is 20.1. The van der Waals surface area contributed by atoms with Gasteiger partial charge in [0.25, 0.3) is 5.91 Å². The highest BCUT2D eigenvalue weighted by Gasteiger charge is 2.23. The lowest BCUT2D eigenvalue weighted by atomic mass is 10.1. The molecule has 3 heterocycles. The van der Waals surface area contributed by atoms with E-state index in [1.165, 1.54) is 18.3 Å². The number of rotatable bonds is 7. The number of thiophene rings is 1. The molecule has 0 saturated carbocycles. The molecule has 0 unspecified atom stereocenters. The van der Waals surface area contributed by atoms with Crippen molar-refractivity contribution in [2.24, 2.45) is 0 Å². The molecule has 2 aromatic carbocycles. The first kappa shape index (κ1) is 24.1. The number of hydrogen-bond donors (Lipinski definition) is 1. The molecular formula is C28H22N4O4S. The van der Waals surface area contributed by atoms with E-state index in [0.29, 0.717) is 33.7 Å². The topological polar surface area (TPSA) is 103 Å². The molecular weight excluding hydrogens is 488 g/mol. The molecule has 0 aliphatic carbocycles. The van der Waals surface area contributed by atoms with Gasteiger partial charge in [-0.25, -0.2) is 14.5 Å². The number of aryl methyl sites for hydroxylation is 1. The maximum atomic E-state index is 13.3. The Balaban J connectivity index is 1.47. The second-order valence-electron chi connectivity index (χ2n) is 8.29. The van der Waals surface area contributed by atoms with Gasteiger partial charge in [0.1, 0.15) is 0 Å². The molecule has 1 amide bonds. The number of pyridine rings is 1. The Morgan fingerprint density at radius 1 is 0.973 bits per heavy atom. The van der Waals surface area contributed by atoms with Crippen LogP contribution in [0, 0.1) is 6.92 Å². The molecule has 5 rings (SSSR count). The lowest BCUT2D eigenvalue weighted by Crippen LogP contribution is -2.22. The van der Waals surface area contributed by atoms with Crippen molar-refractivity contribution < 1.29 is 19.1 Å². The minimum Gasteiger partial charge on any atom is -0.452 e. The minimum atomic E-state index is -0.670. The van der Waals surface area contributed by atoms with E-state index in [1.54, 1.807) is 41.9 Å². The maximum Gasteiger partial charge on any atom is 0.339 e. The average Bonchev–Trinajstić information content (AvgIpc) is 3.56. The van der Waals surface area contributed by atoms with E-state index >= 15 is 0 Å². The van der Waals surface area contributed by atoms with Gasteiger partial charge in [-0.05, 0) is 55.6 Å². The summed E-state index contributed by atoms with van der Waals surface area (Å²) in [4.78, 5) is 43.4. The van der Waals surface area contributed by atoms with Crippen LogP contribution in [-0.4, -0.2) is 39.0 Å². The molecule has 0 bridgehead atoms. The van der Waals surface area contributed by atoms with Crippen molar-refractivity contribution in [3.05, 3.63) is 95.0 Å². The summed E-state index contributed by atoms with van der Waals surface area (Å²) in [7, 11) is 0. The Hall–Kier alpha value is -4.63. The van der Waals surface area contributed by atoms with E-state index in [4.69, 9.17) is 9.72 Å². The molecule has 0 aliphatic heterocycles. The Bertz CT molecular complexity index is 1630. The van der Waals surface area contributed by atoms with Gasteiger partial charge in [0, 0.05) is 5.56 Å². The van der Waals surface area contributed by atoms with E-state index in [0.717, 1.165) is 10.6 Å². The zero-order valence-corrected chi connectivity index (χ0v) is 20.9. The first-order valence-electron chi connectivity index (χ1n) is 11.5. The molecule has 37 heavy (non-hydrogen) atoms. The first-order chi connectivity index (χ1) is 17.9. The summed E-state index contributed by atoms with van der Waals surface area (Å²) in [6.07, 6.45) is 0. The molecule has 3 aromatic heterocycles. The molecule has 184 valence electrons. The van der Waals surface area contributed by atoms with Crippen molar-refractivity contribution in [1.29, 1.82) is 0 Å². The number of ketones is 1. The highest BCUT2D eigenvalue weighted by Crippen LogP contribution is 2.31.